The third-order valence-electron chi connectivity index (χ3n) is 4.81. The van der Waals surface area contributed by atoms with Crippen LogP contribution in [0.5, 0.6) is 0 Å². The number of hydrogen-bond donors (Lipinski definition) is 2. The van der Waals surface area contributed by atoms with Crippen molar-refractivity contribution in [3.8, 4) is 0 Å². The number of hydrogen-bond acceptors (Lipinski definition) is 9. The van der Waals surface area contributed by atoms with Gasteiger partial charge >= 0.3 is 0 Å². The molecule has 1 amide bonds. The summed E-state index contributed by atoms with van der Waals surface area (Å²) in [5.41, 5.74) is 5.66. The number of fused-ring (bicyclic) bond motifs is 1. The predicted molar refractivity (Wildman–Crippen MR) is 106 cm³/mol. The van der Waals surface area contributed by atoms with E-state index in [9.17, 15) is 9.18 Å². The first-order chi connectivity index (χ1) is 13.5. The van der Waals surface area contributed by atoms with Gasteiger partial charge in [-0.15, -0.1) is 11.3 Å². The van der Waals surface area contributed by atoms with Gasteiger partial charge in [-0.3, -0.25) is 9.78 Å². The van der Waals surface area contributed by atoms with Crippen LogP contribution in [0.2, 0.25) is 0 Å². The summed E-state index contributed by atoms with van der Waals surface area (Å²) in [4.78, 5) is 29.4. The number of aromatic nitrogens is 3. The second-order valence-corrected chi connectivity index (χ2v) is 8.66. The van der Waals surface area contributed by atoms with Crippen LogP contribution in [0, 0.1) is 5.92 Å². The Bertz CT molecular complexity index is 905. The summed E-state index contributed by atoms with van der Waals surface area (Å²) in [5.74, 6) is 1.07. The number of nitrogens with one attached hydrogen (secondary N) is 1. The molecule has 2 aromatic rings. The number of nitrogens with two attached hydrogens (primary N) is 1. The molecule has 148 valence electrons. The second kappa shape index (κ2) is 7.72. The van der Waals surface area contributed by atoms with Crippen molar-refractivity contribution in [2.45, 2.75) is 31.7 Å². The molecule has 3 N–H and O–H groups in total. The highest BCUT2D eigenvalue weighted by Gasteiger charge is 2.49. The molecule has 28 heavy (non-hydrogen) atoms. The van der Waals surface area contributed by atoms with Crippen molar-refractivity contribution >= 4 is 40.0 Å². The van der Waals surface area contributed by atoms with Crippen LogP contribution < -0.4 is 11.1 Å². The van der Waals surface area contributed by atoms with Crippen molar-refractivity contribution < 1.29 is 13.9 Å². The van der Waals surface area contributed by atoms with Gasteiger partial charge in [0.25, 0.3) is 5.91 Å². The number of aliphatic imine (C=N–C) groups is 1. The fraction of sp³-hybridized carbons (Fsp3) is 0.471. The molecule has 11 heteroatoms. The van der Waals surface area contributed by atoms with Crippen LogP contribution in [0.15, 0.2) is 22.8 Å². The van der Waals surface area contributed by atoms with Crippen molar-refractivity contribution in [3.63, 3.8) is 0 Å². The second-order valence-electron chi connectivity index (χ2n) is 6.76. The summed E-state index contributed by atoms with van der Waals surface area (Å²) in [5, 5.41) is 5.76. The Kier molecular flexibility index (Phi) is 5.30. The number of halogens is 1. The molecule has 0 radical (unpaired) electrons. The lowest BCUT2D eigenvalue weighted by atomic mass is 9.80. The predicted octanol–water partition coefficient (Wildman–Crippen LogP) is 2.34. The van der Waals surface area contributed by atoms with Crippen LogP contribution in [0.1, 0.15) is 34.5 Å². The minimum Gasteiger partial charge on any atom is -0.379 e. The van der Waals surface area contributed by atoms with Crippen LogP contribution >= 0.6 is 23.1 Å². The lowest BCUT2D eigenvalue weighted by molar-refractivity contribution is -0.0466. The first-order valence-corrected chi connectivity index (χ1v) is 10.6. The van der Waals surface area contributed by atoms with Gasteiger partial charge in [0.05, 0.1) is 30.8 Å². The SMILES string of the molecule is C[C@H]1C[C@H]2CSC(N)=NC2(c2nc(NC(=O)c3cnc(CF)cn3)cs2)CO1. The van der Waals surface area contributed by atoms with Crippen LogP contribution in [0.4, 0.5) is 10.2 Å². The number of ether oxygens (including phenoxy) is 1. The number of amides is 1. The normalized spacial score (nSPS) is 27.0. The smallest absolute Gasteiger partial charge is 0.277 e. The molecule has 2 aromatic heterocycles. The van der Waals surface area contributed by atoms with Gasteiger partial charge < -0.3 is 15.8 Å². The molecule has 0 spiro atoms. The number of alkyl halides is 1. The van der Waals surface area contributed by atoms with Gasteiger partial charge in [0.15, 0.2) is 5.17 Å². The fourth-order valence-electron chi connectivity index (χ4n) is 3.33. The van der Waals surface area contributed by atoms with Crippen molar-refractivity contribution in [2.75, 3.05) is 17.7 Å². The molecule has 1 fully saturated rings. The Labute approximate surface area is 169 Å². The molecule has 0 saturated carbocycles. The minimum absolute atomic E-state index is 0.0916. The van der Waals surface area contributed by atoms with E-state index in [0.717, 1.165) is 17.2 Å². The summed E-state index contributed by atoms with van der Waals surface area (Å²) in [6.07, 6.45) is 3.52. The standard InChI is InChI=1S/C17H19FN6O2S2/c1-9-2-10-6-28-16(19)24-17(10,8-26-9)15-23-13(7-27-15)22-14(25)12-5-20-11(3-18)4-21-12/h4-5,7,9-10H,2-3,6,8H2,1H3,(H2,19,24)(H,22,25)/t9-,10-,17?/m0/s1. The van der Waals surface area contributed by atoms with Crippen molar-refractivity contribution in [2.24, 2.45) is 16.6 Å². The number of carbonyl (C=O) groups is 1. The zero-order valence-corrected chi connectivity index (χ0v) is 16.7. The quantitative estimate of drug-likeness (QED) is 0.777. The molecular weight excluding hydrogens is 403 g/mol. The van der Waals surface area contributed by atoms with Crippen molar-refractivity contribution in [1.29, 1.82) is 0 Å². The molecule has 0 bridgehead atoms. The topological polar surface area (TPSA) is 115 Å². The van der Waals surface area contributed by atoms with Gasteiger partial charge in [-0.25, -0.2) is 19.4 Å². The average Bonchev–Trinajstić information content (AvgIpc) is 3.17. The molecular formula is C17H19FN6O2S2. The third kappa shape index (κ3) is 3.61. The van der Waals surface area contributed by atoms with E-state index >= 15 is 0 Å². The van der Waals surface area contributed by atoms with E-state index in [0.29, 0.717) is 17.6 Å². The number of thioether (sulfide) groups is 1. The molecule has 1 saturated heterocycles. The third-order valence-corrected chi connectivity index (χ3v) is 6.78. The number of thiazole rings is 1. The van der Waals surface area contributed by atoms with E-state index in [2.05, 4.69) is 27.2 Å². The monoisotopic (exact) mass is 422 g/mol. The highest BCUT2D eigenvalue weighted by Crippen LogP contribution is 2.46. The highest BCUT2D eigenvalue weighted by atomic mass is 32.2. The molecule has 3 atom stereocenters. The lowest BCUT2D eigenvalue weighted by Crippen LogP contribution is -2.49. The molecule has 1 unspecified atom stereocenters. The minimum atomic E-state index is -0.726. The Morgan fingerprint density at radius 1 is 1.46 bits per heavy atom. The lowest BCUT2D eigenvalue weighted by Gasteiger charge is -2.44. The largest absolute Gasteiger partial charge is 0.379 e. The van der Waals surface area contributed by atoms with Gasteiger partial charge in [-0.2, -0.15) is 0 Å². The number of carbonyl (C=O) groups excluding carboxylic acids is 1. The van der Waals surface area contributed by atoms with E-state index < -0.39 is 18.1 Å². The Balaban J connectivity index is 1.56. The summed E-state index contributed by atoms with van der Waals surface area (Å²) >= 11 is 2.97. The van der Waals surface area contributed by atoms with E-state index in [1.165, 1.54) is 23.7 Å². The van der Waals surface area contributed by atoms with Gasteiger partial charge in [0, 0.05) is 17.1 Å². The highest BCUT2D eigenvalue weighted by molar-refractivity contribution is 8.13. The van der Waals surface area contributed by atoms with Gasteiger partial charge in [0.1, 0.15) is 28.7 Å². The van der Waals surface area contributed by atoms with E-state index in [-0.39, 0.29) is 23.4 Å². The van der Waals surface area contributed by atoms with E-state index in [1.54, 1.807) is 17.1 Å². The molecule has 2 aliphatic rings. The van der Waals surface area contributed by atoms with Gasteiger partial charge in [-0.05, 0) is 13.3 Å². The number of rotatable bonds is 4. The summed E-state index contributed by atoms with van der Waals surface area (Å²) in [6.45, 7) is 1.74. The maximum atomic E-state index is 12.5. The molecule has 0 aromatic carbocycles. The maximum absolute atomic E-state index is 12.5. The number of amidine groups is 1. The molecule has 4 heterocycles. The molecule has 0 aliphatic carbocycles. The van der Waals surface area contributed by atoms with Crippen LogP contribution in [-0.4, -0.2) is 44.5 Å². The van der Waals surface area contributed by atoms with Gasteiger partial charge in [-0.1, -0.05) is 11.8 Å². The van der Waals surface area contributed by atoms with Crippen LogP contribution in [0.25, 0.3) is 0 Å². The summed E-state index contributed by atoms with van der Waals surface area (Å²) in [6, 6.07) is 0. The molecule has 4 rings (SSSR count). The fourth-order valence-corrected chi connectivity index (χ4v) is 5.30. The zero-order valence-electron chi connectivity index (χ0n) is 15.1. The summed E-state index contributed by atoms with van der Waals surface area (Å²) < 4.78 is 18.4. The van der Waals surface area contributed by atoms with Gasteiger partial charge in [0.2, 0.25) is 0 Å². The van der Waals surface area contributed by atoms with Crippen LogP contribution in [0.3, 0.4) is 0 Å². The Morgan fingerprint density at radius 2 is 2.32 bits per heavy atom. The summed E-state index contributed by atoms with van der Waals surface area (Å²) in [7, 11) is 0. The Morgan fingerprint density at radius 3 is 3.07 bits per heavy atom. The number of nitrogens with zero attached hydrogens (tertiary/aromatic N) is 4. The van der Waals surface area contributed by atoms with E-state index in [1.807, 2.05) is 0 Å². The zero-order chi connectivity index (χ0) is 19.7. The maximum Gasteiger partial charge on any atom is 0.277 e. The van der Waals surface area contributed by atoms with Crippen molar-refractivity contribution in [1.82, 2.24) is 15.0 Å². The van der Waals surface area contributed by atoms with E-state index in [4.69, 9.17) is 15.5 Å². The number of anilines is 1. The first-order valence-electron chi connectivity index (χ1n) is 8.74. The molecule has 2 aliphatic heterocycles. The average molecular weight is 423 g/mol. The van der Waals surface area contributed by atoms with Crippen molar-refractivity contribution in [3.05, 3.63) is 34.2 Å². The molecule has 8 nitrogen and oxygen atoms in total. The Hall–Kier alpha value is -2.11. The van der Waals surface area contributed by atoms with Crippen LogP contribution in [-0.2, 0) is 17.0 Å². The first kappa shape index (κ1) is 19.2.